The van der Waals surface area contributed by atoms with Crippen LogP contribution in [0.2, 0.25) is 0 Å². The number of nitrogen functional groups attached to an aromatic ring is 1. The zero-order chi connectivity index (χ0) is 19.4. The van der Waals surface area contributed by atoms with E-state index in [1.807, 2.05) is 6.20 Å². The highest BCUT2D eigenvalue weighted by Crippen LogP contribution is 2.62. The minimum absolute atomic E-state index is 0.0696. The van der Waals surface area contributed by atoms with Gasteiger partial charge in [-0.25, -0.2) is 9.97 Å². The molecule has 148 valence electrons. The van der Waals surface area contributed by atoms with Gasteiger partial charge in [0.2, 0.25) is 5.95 Å². The van der Waals surface area contributed by atoms with Crippen LogP contribution in [0.4, 0.5) is 5.95 Å². The molecule has 4 N–H and O–H groups in total. The maximum Gasteiger partial charge on any atom is 0.220 e. The Balaban J connectivity index is 1.70. The van der Waals surface area contributed by atoms with E-state index in [1.165, 1.54) is 5.57 Å². The summed E-state index contributed by atoms with van der Waals surface area (Å²) in [5, 5.41) is 20.7. The van der Waals surface area contributed by atoms with Crippen LogP contribution >= 0.6 is 0 Å². The van der Waals surface area contributed by atoms with Gasteiger partial charge in [0.1, 0.15) is 0 Å². The van der Waals surface area contributed by atoms with Crippen molar-refractivity contribution in [1.29, 1.82) is 0 Å². The number of hydrogen-bond donors (Lipinski definition) is 3. The third kappa shape index (κ3) is 2.73. The fraction of sp³-hybridized carbons (Fsp3) is 0.727. The van der Waals surface area contributed by atoms with Gasteiger partial charge in [-0.05, 0) is 78.6 Å². The number of fused-ring (bicyclic) bond motifs is 2. The lowest BCUT2D eigenvalue weighted by molar-refractivity contribution is -0.0739. The van der Waals surface area contributed by atoms with E-state index in [4.69, 9.17) is 5.73 Å². The second-order valence-corrected chi connectivity index (χ2v) is 9.62. The minimum Gasteiger partial charge on any atom is -0.396 e. The first-order valence-electron chi connectivity index (χ1n) is 10.3. The molecule has 2 fully saturated rings. The molecule has 6 atom stereocenters. The Bertz CT molecular complexity index is 751. The van der Waals surface area contributed by atoms with Gasteiger partial charge in [0.05, 0.1) is 0 Å². The first kappa shape index (κ1) is 18.9. The van der Waals surface area contributed by atoms with Crippen LogP contribution < -0.4 is 5.73 Å². The van der Waals surface area contributed by atoms with Crippen LogP contribution in [0.1, 0.15) is 50.8 Å². The zero-order valence-corrected chi connectivity index (χ0v) is 16.6. The molecule has 0 unspecified atom stereocenters. The average Bonchev–Trinajstić information content (AvgIpc) is 2.95. The summed E-state index contributed by atoms with van der Waals surface area (Å²) >= 11 is 0. The first-order chi connectivity index (χ1) is 12.8. The fourth-order valence-corrected chi connectivity index (χ4v) is 6.78. The smallest absolute Gasteiger partial charge is 0.220 e. The standard InChI is InChI=1S/C22H33N3O2/c1-13-4-5-17-16(12-27)18(6-7-21(13,17)2)22(3)9-14-10-24-20(23)25-19(14)8-15(22)11-26/h10,15-18,26-27H,1,4-9,11-12H2,2-3H3,(H2,23,24,25)/t15-,16+,17+,18+,21-,22+/m1/s1. The molecule has 1 aromatic rings. The van der Waals surface area contributed by atoms with Crippen LogP contribution in [0.5, 0.6) is 0 Å². The Hall–Kier alpha value is -1.46. The molecule has 3 aliphatic carbocycles. The third-order valence-electron chi connectivity index (χ3n) is 8.59. The quantitative estimate of drug-likeness (QED) is 0.711. The Morgan fingerprint density at radius 2 is 2.00 bits per heavy atom. The van der Waals surface area contributed by atoms with Crippen molar-refractivity contribution in [3.8, 4) is 0 Å². The van der Waals surface area contributed by atoms with Crippen molar-refractivity contribution in [1.82, 2.24) is 9.97 Å². The molecule has 3 aliphatic rings. The largest absolute Gasteiger partial charge is 0.396 e. The van der Waals surface area contributed by atoms with Crippen molar-refractivity contribution in [2.24, 2.45) is 34.5 Å². The number of rotatable bonds is 3. The van der Waals surface area contributed by atoms with E-state index in [0.717, 1.165) is 49.8 Å². The normalized spacial score (nSPS) is 41.3. The lowest BCUT2D eigenvalue weighted by Gasteiger charge is -2.55. The van der Waals surface area contributed by atoms with Gasteiger partial charge < -0.3 is 15.9 Å². The molecule has 1 aromatic heterocycles. The van der Waals surface area contributed by atoms with E-state index in [2.05, 4.69) is 30.4 Å². The monoisotopic (exact) mass is 371 g/mol. The van der Waals surface area contributed by atoms with Crippen molar-refractivity contribution in [2.45, 2.75) is 52.4 Å². The van der Waals surface area contributed by atoms with Crippen molar-refractivity contribution in [2.75, 3.05) is 18.9 Å². The van der Waals surface area contributed by atoms with Crippen LogP contribution in [-0.4, -0.2) is 33.4 Å². The molecule has 0 spiro atoms. The molecule has 1 heterocycles. The number of aliphatic hydroxyl groups excluding tert-OH is 2. The molecule has 0 saturated heterocycles. The highest BCUT2D eigenvalue weighted by molar-refractivity contribution is 5.30. The maximum absolute atomic E-state index is 10.4. The third-order valence-corrected chi connectivity index (χ3v) is 8.59. The summed E-state index contributed by atoms with van der Waals surface area (Å²) in [6.07, 6.45) is 7.87. The molecule has 27 heavy (non-hydrogen) atoms. The number of aliphatic hydroxyl groups is 2. The highest BCUT2D eigenvalue weighted by Gasteiger charge is 2.56. The number of anilines is 1. The summed E-state index contributed by atoms with van der Waals surface area (Å²) in [4.78, 5) is 8.64. The van der Waals surface area contributed by atoms with Gasteiger partial charge >= 0.3 is 0 Å². The van der Waals surface area contributed by atoms with Crippen LogP contribution in [0.3, 0.4) is 0 Å². The molecular weight excluding hydrogens is 338 g/mol. The van der Waals surface area contributed by atoms with E-state index in [0.29, 0.717) is 17.8 Å². The summed E-state index contributed by atoms with van der Waals surface area (Å²) in [5.41, 5.74) is 9.38. The predicted molar refractivity (Wildman–Crippen MR) is 106 cm³/mol. The van der Waals surface area contributed by atoms with Gasteiger partial charge in [0.25, 0.3) is 0 Å². The predicted octanol–water partition coefficient (Wildman–Crippen LogP) is 2.76. The van der Waals surface area contributed by atoms with E-state index in [-0.39, 0.29) is 35.9 Å². The van der Waals surface area contributed by atoms with Gasteiger partial charge in [0.15, 0.2) is 0 Å². The van der Waals surface area contributed by atoms with Crippen molar-refractivity contribution in [3.05, 3.63) is 29.6 Å². The van der Waals surface area contributed by atoms with Gasteiger partial charge in [-0.1, -0.05) is 26.0 Å². The number of nitrogens with two attached hydrogens (primary N) is 1. The Kier molecular flexibility index (Phi) is 4.59. The van der Waals surface area contributed by atoms with Gasteiger partial charge in [-0.3, -0.25) is 0 Å². The Morgan fingerprint density at radius 1 is 1.22 bits per heavy atom. The lowest BCUT2D eigenvalue weighted by Crippen LogP contribution is -2.52. The van der Waals surface area contributed by atoms with Gasteiger partial charge in [-0.2, -0.15) is 0 Å². The average molecular weight is 372 g/mol. The van der Waals surface area contributed by atoms with Crippen molar-refractivity contribution in [3.63, 3.8) is 0 Å². The second kappa shape index (κ2) is 6.56. The number of allylic oxidation sites excluding steroid dienone is 1. The lowest BCUT2D eigenvalue weighted by atomic mass is 9.49. The van der Waals surface area contributed by atoms with Crippen molar-refractivity contribution >= 4 is 5.95 Å². The zero-order valence-electron chi connectivity index (χ0n) is 16.6. The Morgan fingerprint density at radius 3 is 2.70 bits per heavy atom. The SMILES string of the molecule is C=C1CC[C@H]2[C@H](CO)[C@@H]([C@@]3(C)Cc4cnc(N)nc4C[C@@H]3CO)CC[C@]12C. The fourth-order valence-electron chi connectivity index (χ4n) is 6.78. The number of hydrogen-bond acceptors (Lipinski definition) is 5. The van der Waals surface area contributed by atoms with E-state index >= 15 is 0 Å². The molecule has 5 nitrogen and oxygen atoms in total. The van der Waals surface area contributed by atoms with Crippen molar-refractivity contribution < 1.29 is 10.2 Å². The Labute approximate surface area is 162 Å². The van der Waals surface area contributed by atoms with Crippen LogP contribution in [0.15, 0.2) is 18.3 Å². The molecule has 0 amide bonds. The summed E-state index contributed by atoms with van der Waals surface area (Å²) in [6, 6.07) is 0. The minimum atomic E-state index is -0.0696. The van der Waals surface area contributed by atoms with Crippen LogP contribution in [-0.2, 0) is 12.8 Å². The van der Waals surface area contributed by atoms with E-state index in [1.54, 1.807) is 0 Å². The second-order valence-electron chi connectivity index (χ2n) is 9.62. The van der Waals surface area contributed by atoms with Crippen LogP contribution in [0, 0.1) is 34.5 Å². The summed E-state index contributed by atoms with van der Waals surface area (Å²) in [5.74, 6) is 1.58. The first-order valence-corrected chi connectivity index (χ1v) is 10.3. The molecule has 0 aliphatic heterocycles. The van der Waals surface area contributed by atoms with Crippen LogP contribution in [0.25, 0.3) is 0 Å². The van der Waals surface area contributed by atoms with E-state index in [9.17, 15) is 10.2 Å². The number of nitrogens with zero attached hydrogens (tertiary/aromatic N) is 2. The summed E-state index contributed by atoms with van der Waals surface area (Å²) in [6.45, 7) is 9.38. The molecule has 4 rings (SSSR count). The molecule has 0 aromatic carbocycles. The molecule has 0 radical (unpaired) electrons. The van der Waals surface area contributed by atoms with Gasteiger partial charge in [0, 0.05) is 25.1 Å². The molecule has 0 bridgehead atoms. The van der Waals surface area contributed by atoms with Gasteiger partial charge in [-0.15, -0.1) is 0 Å². The van der Waals surface area contributed by atoms with E-state index < -0.39 is 0 Å². The number of aromatic nitrogens is 2. The topological polar surface area (TPSA) is 92.3 Å². The maximum atomic E-state index is 10.4. The molecule has 2 saturated carbocycles. The summed E-state index contributed by atoms with van der Waals surface area (Å²) < 4.78 is 0. The molecule has 5 heteroatoms. The highest BCUT2D eigenvalue weighted by atomic mass is 16.3. The summed E-state index contributed by atoms with van der Waals surface area (Å²) in [7, 11) is 0. The molecular formula is C22H33N3O2.